The van der Waals surface area contributed by atoms with Crippen molar-refractivity contribution in [2.75, 3.05) is 6.67 Å². The number of carboxylic acid groups (broad SMARTS) is 1. The minimum absolute atomic E-state index is 0.107. The molecule has 0 saturated carbocycles. The van der Waals surface area contributed by atoms with Gasteiger partial charge in [0, 0.05) is 12.0 Å². The van der Waals surface area contributed by atoms with Crippen molar-refractivity contribution < 1.29 is 27.5 Å². The maximum Gasteiger partial charge on any atom is 0.335 e. The molecule has 1 aromatic carbocycles. The number of fused-ring (bicyclic) bond motifs is 1. The Kier molecular flexibility index (Phi) is 3.17. The first-order valence-corrected chi connectivity index (χ1v) is 7.05. The fraction of sp³-hybridized carbons (Fsp3) is 0.333. The summed E-state index contributed by atoms with van der Waals surface area (Å²) in [6, 6.07) is 2.20. The minimum Gasteiger partial charge on any atom is -0.478 e. The van der Waals surface area contributed by atoms with Crippen LogP contribution in [0, 0.1) is 6.92 Å². The SMILES string of the molecule is Cc1c(C(=O)O)ccc2c1C(=O)CC(CF)S2(=O)=O. The van der Waals surface area contributed by atoms with Crippen LogP contribution in [0.3, 0.4) is 0 Å². The van der Waals surface area contributed by atoms with E-state index in [2.05, 4.69) is 0 Å². The highest BCUT2D eigenvalue weighted by molar-refractivity contribution is 7.92. The lowest BCUT2D eigenvalue weighted by Crippen LogP contribution is -2.33. The van der Waals surface area contributed by atoms with Crippen LogP contribution in [0.2, 0.25) is 0 Å². The smallest absolute Gasteiger partial charge is 0.335 e. The molecule has 0 fully saturated rings. The summed E-state index contributed by atoms with van der Waals surface area (Å²) in [5.41, 5.74) is -0.138. The molecule has 5 nitrogen and oxygen atoms in total. The van der Waals surface area contributed by atoms with Crippen molar-refractivity contribution in [3.8, 4) is 0 Å². The summed E-state index contributed by atoms with van der Waals surface area (Å²) in [5, 5.41) is 7.59. The molecular weight excluding hydrogens is 275 g/mol. The van der Waals surface area contributed by atoms with E-state index < -0.39 is 39.9 Å². The molecule has 0 bridgehead atoms. The van der Waals surface area contributed by atoms with Crippen LogP contribution in [-0.2, 0) is 9.84 Å². The van der Waals surface area contributed by atoms with Gasteiger partial charge in [0.2, 0.25) is 0 Å². The van der Waals surface area contributed by atoms with Gasteiger partial charge in [0.1, 0.15) is 11.9 Å². The Morgan fingerprint density at radius 3 is 2.63 bits per heavy atom. The standard InChI is InChI=1S/C12H11FO5S/c1-6-8(12(15)16)2-3-10-11(6)9(14)4-7(5-13)19(10,17)18/h2-3,7H,4-5H2,1H3,(H,15,16). The van der Waals surface area contributed by atoms with E-state index in [0.29, 0.717) is 0 Å². The van der Waals surface area contributed by atoms with E-state index >= 15 is 0 Å². The average molecular weight is 286 g/mol. The zero-order chi connectivity index (χ0) is 14.4. The summed E-state index contributed by atoms with van der Waals surface area (Å²) in [7, 11) is -3.92. The van der Waals surface area contributed by atoms with Crippen LogP contribution in [0.15, 0.2) is 17.0 Å². The molecule has 1 aliphatic heterocycles. The summed E-state index contributed by atoms with van der Waals surface area (Å²) in [5.74, 6) is -1.77. The number of carbonyl (C=O) groups excluding carboxylic acids is 1. The number of ketones is 1. The summed E-state index contributed by atoms with van der Waals surface area (Å²) in [4.78, 5) is 22.6. The number of Topliss-reactive ketones (excluding diaryl/α,β-unsaturated/α-hetero) is 1. The third-order valence-corrected chi connectivity index (χ3v) is 5.39. The highest BCUT2D eigenvalue weighted by Crippen LogP contribution is 2.33. The molecule has 0 aliphatic carbocycles. The lowest BCUT2D eigenvalue weighted by atomic mass is 9.96. The molecule has 2 rings (SSSR count). The van der Waals surface area contributed by atoms with Crippen molar-refractivity contribution in [3.63, 3.8) is 0 Å². The molecule has 1 atom stereocenters. The third kappa shape index (κ3) is 1.94. The Bertz CT molecular complexity index is 678. The monoisotopic (exact) mass is 286 g/mol. The van der Waals surface area contributed by atoms with Crippen molar-refractivity contribution in [2.24, 2.45) is 0 Å². The normalized spacial score (nSPS) is 20.9. The zero-order valence-electron chi connectivity index (χ0n) is 10.0. The summed E-state index contributed by atoms with van der Waals surface area (Å²) >= 11 is 0. The van der Waals surface area contributed by atoms with Gasteiger partial charge in [-0.3, -0.25) is 4.79 Å². The number of benzene rings is 1. The van der Waals surface area contributed by atoms with Crippen LogP contribution in [0.25, 0.3) is 0 Å². The van der Waals surface area contributed by atoms with Gasteiger partial charge in [0.25, 0.3) is 0 Å². The van der Waals surface area contributed by atoms with Crippen LogP contribution in [0.5, 0.6) is 0 Å². The zero-order valence-corrected chi connectivity index (χ0v) is 10.8. The Balaban J connectivity index is 2.78. The molecule has 0 amide bonds. The molecule has 0 radical (unpaired) electrons. The van der Waals surface area contributed by atoms with E-state index in [0.717, 1.165) is 12.1 Å². The number of rotatable bonds is 2. The minimum atomic E-state index is -3.92. The second-order valence-electron chi connectivity index (χ2n) is 4.37. The van der Waals surface area contributed by atoms with Gasteiger partial charge < -0.3 is 5.11 Å². The second kappa shape index (κ2) is 4.41. The van der Waals surface area contributed by atoms with Crippen LogP contribution >= 0.6 is 0 Å². The van der Waals surface area contributed by atoms with Gasteiger partial charge in [-0.2, -0.15) is 0 Å². The first kappa shape index (κ1) is 13.7. The van der Waals surface area contributed by atoms with Gasteiger partial charge in [-0.25, -0.2) is 17.6 Å². The van der Waals surface area contributed by atoms with Gasteiger partial charge in [-0.15, -0.1) is 0 Å². The number of aromatic carboxylic acids is 1. The number of carbonyl (C=O) groups is 2. The lowest BCUT2D eigenvalue weighted by molar-refractivity contribution is 0.0696. The Morgan fingerprint density at radius 2 is 2.11 bits per heavy atom. The van der Waals surface area contributed by atoms with Crippen molar-refractivity contribution in [2.45, 2.75) is 23.5 Å². The molecule has 1 aromatic rings. The van der Waals surface area contributed by atoms with E-state index in [9.17, 15) is 22.4 Å². The number of hydrogen-bond acceptors (Lipinski definition) is 4. The number of sulfone groups is 1. The number of carboxylic acids is 1. The molecule has 1 N–H and O–H groups in total. The number of hydrogen-bond donors (Lipinski definition) is 1. The highest BCUT2D eigenvalue weighted by Gasteiger charge is 2.39. The fourth-order valence-electron chi connectivity index (χ4n) is 2.24. The van der Waals surface area contributed by atoms with Crippen molar-refractivity contribution >= 4 is 21.6 Å². The summed E-state index contributed by atoms with van der Waals surface area (Å²) in [6.07, 6.45) is -0.449. The number of halogens is 1. The molecule has 7 heteroatoms. The topological polar surface area (TPSA) is 88.5 Å². The highest BCUT2D eigenvalue weighted by atomic mass is 32.2. The molecule has 1 aliphatic rings. The molecule has 0 aromatic heterocycles. The van der Waals surface area contributed by atoms with Gasteiger partial charge in [0.05, 0.1) is 10.5 Å². The third-order valence-electron chi connectivity index (χ3n) is 3.27. The largest absolute Gasteiger partial charge is 0.478 e. The predicted octanol–water partition coefficient (Wildman–Crippen LogP) is 1.39. The van der Waals surface area contributed by atoms with Gasteiger partial charge in [0.15, 0.2) is 15.6 Å². The summed E-state index contributed by atoms with van der Waals surface area (Å²) in [6.45, 7) is 0.249. The van der Waals surface area contributed by atoms with Gasteiger partial charge in [-0.1, -0.05) is 0 Å². The molecular formula is C12H11FO5S. The van der Waals surface area contributed by atoms with Crippen molar-refractivity contribution in [1.82, 2.24) is 0 Å². The average Bonchev–Trinajstić information content (AvgIpc) is 2.33. The van der Waals surface area contributed by atoms with Crippen LogP contribution in [0.4, 0.5) is 4.39 Å². The second-order valence-corrected chi connectivity index (χ2v) is 6.56. The predicted molar refractivity (Wildman–Crippen MR) is 64.0 cm³/mol. The quantitative estimate of drug-likeness (QED) is 0.887. The van der Waals surface area contributed by atoms with Crippen LogP contribution in [0.1, 0.15) is 32.7 Å². The number of alkyl halides is 1. The first-order chi connectivity index (χ1) is 8.80. The summed E-state index contributed by atoms with van der Waals surface area (Å²) < 4.78 is 36.9. The molecule has 19 heavy (non-hydrogen) atoms. The molecule has 0 saturated heterocycles. The van der Waals surface area contributed by atoms with Crippen molar-refractivity contribution in [1.29, 1.82) is 0 Å². The van der Waals surface area contributed by atoms with E-state index in [4.69, 9.17) is 5.11 Å². The lowest BCUT2D eigenvalue weighted by Gasteiger charge is -2.23. The Labute approximate surface area is 109 Å². The van der Waals surface area contributed by atoms with Crippen LogP contribution in [-0.4, -0.2) is 37.2 Å². The fourth-order valence-corrected chi connectivity index (χ4v) is 3.94. The first-order valence-electron chi connectivity index (χ1n) is 5.50. The van der Waals surface area contributed by atoms with Crippen molar-refractivity contribution in [3.05, 3.63) is 28.8 Å². The van der Waals surface area contributed by atoms with E-state index in [1.165, 1.54) is 6.92 Å². The Hall–Kier alpha value is -1.76. The molecule has 102 valence electrons. The van der Waals surface area contributed by atoms with E-state index in [1.54, 1.807) is 0 Å². The van der Waals surface area contributed by atoms with Crippen LogP contribution < -0.4 is 0 Å². The van der Waals surface area contributed by atoms with Gasteiger partial charge >= 0.3 is 5.97 Å². The van der Waals surface area contributed by atoms with Gasteiger partial charge in [-0.05, 0) is 24.6 Å². The molecule has 0 spiro atoms. The van der Waals surface area contributed by atoms with E-state index in [1.807, 2.05) is 0 Å². The van der Waals surface area contributed by atoms with E-state index in [-0.39, 0.29) is 21.6 Å². The maximum absolute atomic E-state index is 12.7. The molecule has 1 unspecified atom stereocenters. The molecule has 1 heterocycles. The maximum atomic E-state index is 12.7. The Morgan fingerprint density at radius 1 is 1.47 bits per heavy atom.